The summed E-state index contributed by atoms with van der Waals surface area (Å²) in [4.78, 5) is 22.1. The Morgan fingerprint density at radius 2 is 2.19 bits per heavy atom. The van der Waals surface area contributed by atoms with Crippen molar-refractivity contribution in [2.75, 3.05) is 5.32 Å². The second-order valence-corrected chi connectivity index (χ2v) is 5.43. The van der Waals surface area contributed by atoms with E-state index in [0.29, 0.717) is 10.7 Å². The van der Waals surface area contributed by atoms with Crippen molar-refractivity contribution >= 4 is 34.8 Å². The maximum atomic E-state index is 12.1. The highest BCUT2D eigenvalue weighted by Gasteiger charge is 2.41. The van der Waals surface area contributed by atoms with Gasteiger partial charge >= 0.3 is 0 Å². The predicted octanol–water partition coefficient (Wildman–Crippen LogP) is 2.55. The third-order valence-electron chi connectivity index (χ3n) is 2.83. The maximum absolute atomic E-state index is 12.1. The number of hydrogen-bond acceptors (Lipinski definition) is 4. The third kappa shape index (κ3) is 3.60. The van der Waals surface area contributed by atoms with Crippen LogP contribution in [-0.2, 0) is 4.79 Å². The number of rotatable bonds is 3. The smallest absolute Gasteiger partial charge is 0.269 e. The van der Waals surface area contributed by atoms with E-state index >= 15 is 0 Å². The molecule has 110 valence electrons. The Hall–Kier alpha value is -1.89. The second-order valence-electron chi connectivity index (χ2n) is 4.39. The number of amides is 1. The number of benzene rings is 1. The highest BCUT2D eigenvalue weighted by atomic mass is 35.5. The largest absolute Gasteiger partial charge is 0.370 e. The number of nitrogens with zero attached hydrogens (tertiary/aromatic N) is 1. The number of carbonyl (C=O) groups is 1. The molecule has 2 N–H and O–H groups in total. The summed E-state index contributed by atoms with van der Waals surface area (Å²) in [5.74, 6) is -1.77. The van der Waals surface area contributed by atoms with Crippen LogP contribution in [0.2, 0.25) is 5.02 Å². The summed E-state index contributed by atoms with van der Waals surface area (Å²) in [6.07, 6.45) is 3.14. The Morgan fingerprint density at radius 3 is 2.76 bits per heavy atom. The number of allylic oxidation sites excluding steroid dienone is 1. The van der Waals surface area contributed by atoms with E-state index in [2.05, 4.69) is 5.32 Å². The first-order chi connectivity index (χ1) is 9.79. The van der Waals surface area contributed by atoms with Crippen LogP contribution in [-0.4, -0.2) is 21.0 Å². The zero-order valence-electron chi connectivity index (χ0n) is 10.5. The molecule has 0 saturated heterocycles. The van der Waals surface area contributed by atoms with Crippen LogP contribution in [0.15, 0.2) is 48.2 Å². The van der Waals surface area contributed by atoms with Crippen LogP contribution in [0.5, 0.6) is 0 Å². The standard InChI is InChI=1S/C13H10Cl2N2O4/c14-8-2-1-3-9(6-8)16-12(18)11-5-4-10(17(20)21)7-13(11,15)19/h1-7,11,19H,(H,16,18). The number of nitrogens with one attached hydrogen (secondary N) is 1. The van der Waals surface area contributed by atoms with Gasteiger partial charge in [0.1, 0.15) is 5.92 Å². The molecule has 0 heterocycles. The van der Waals surface area contributed by atoms with E-state index in [-0.39, 0.29) is 5.70 Å². The third-order valence-corrected chi connectivity index (χ3v) is 3.41. The van der Waals surface area contributed by atoms with E-state index in [1.165, 1.54) is 12.1 Å². The summed E-state index contributed by atoms with van der Waals surface area (Å²) < 4.78 is 0. The van der Waals surface area contributed by atoms with Crippen LogP contribution in [0.4, 0.5) is 5.69 Å². The molecule has 0 aromatic heterocycles. The van der Waals surface area contributed by atoms with Crippen LogP contribution in [0.25, 0.3) is 0 Å². The van der Waals surface area contributed by atoms with Gasteiger partial charge in [-0.25, -0.2) is 0 Å². The van der Waals surface area contributed by atoms with Crippen LogP contribution < -0.4 is 5.32 Å². The van der Waals surface area contributed by atoms with E-state index < -0.39 is 21.8 Å². The van der Waals surface area contributed by atoms with Gasteiger partial charge in [0.25, 0.3) is 5.70 Å². The normalized spacial score (nSPS) is 24.3. The fourth-order valence-corrected chi connectivity index (χ4v) is 2.32. The van der Waals surface area contributed by atoms with Crippen LogP contribution in [0, 0.1) is 16.0 Å². The van der Waals surface area contributed by atoms with Gasteiger partial charge in [-0.05, 0) is 18.2 Å². The summed E-state index contributed by atoms with van der Waals surface area (Å²) in [5.41, 5.74) is 0.0525. The van der Waals surface area contributed by atoms with Crippen molar-refractivity contribution in [2.45, 2.75) is 5.06 Å². The van der Waals surface area contributed by atoms with E-state index in [9.17, 15) is 20.0 Å². The first-order valence-electron chi connectivity index (χ1n) is 5.83. The molecular formula is C13H10Cl2N2O4. The molecule has 8 heteroatoms. The number of carbonyl (C=O) groups excluding carboxylic acids is 1. The molecule has 0 saturated carbocycles. The molecule has 0 fully saturated rings. The highest BCUT2D eigenvalue weighted by Crippen LogP contribution is 2.32. The Labute approximate surface area is 129 Å². The maximum Gasteiger partial charge on any atom is 0.269 e. The predicted molar refractivity (Wildman–Crippen MR) is 78.6 cm³/mol. The van der Waals surface area contributed by atoms with Crippen molar-refractivity contribution in [3.05, 3.63) is 63.3 Å². The summed E-state index contributed by atoms with van der Waals surface area (Å²) in [7, 11) is 0. The minimum atomic E-state index is -2.17. The van der Waals surface area contributed by atoms with Crippen molar-refractivity contribution in [1.29, 1.82) is 0 Å². The van der Waals surface area contributed by atoms with Gasteiger partial charge in [0.2, 0.25) is 5.91 Å². The zero-order chi connectivity index (χ0) is 15.6. The molecule has 1 aliphatic rings. The zero-order valence-corrected chi connectivity index (χ0v) is 12.0. The molecule has 21 heavy (non-hydrogen) atoms. The van der Waals surface area contributed by atoms with E-state index in [0.717, 1.165) is 12.2 Å². The summed E-state index contributed by atoms with van der Waals surface area (Å²) >= 11 is 11.6. The molecule has 6 nitrogen and oxygen atoms in total. The summed E-state index contributed by atoms with van der Waals surface area (Å²) in [6, 6.07) is 6.42. The van der Waals surface area contributed by atoms with Gasteiger partial charge in [0, 0.05) is 22.9 Å². The molecule has 0 spiro atoms. The number of anilines is 1. The first-order valence-corrected chi connectivity index (χ1v) is 6.58. The van der Waals surface area contributed by atoms with Gasteiger partial charge in [-0.1, -0.05) is 35.3 Å². The molecule has 0 bridgehead atoms. The minimum Gasteiger partial charge on any atom is -0.370 e. The van der Waals surface area contributed by atoms with Crippen molar-refractivity contribution < 1.29 is 14.8 Å². The molecule has 2 rings (SSSR count). The van der Waals surface area contributed by atoms with E-state index in [4.69, 9.17) is 23.2 Å². The van der Waals surface area contributed by atoms with Crippen LogP contribution in [0.3, 0.4) is 0 Å². The lowest BCUT2D eigenvalue weighted by Gasteiger charge is -2.26. The second kappa shape index (κ2) is 5.85. The number of hydrogen-bond donors (Lipinski definition) is 2. The van der Waals surface area contributed by atoms with Gasteiger partial charge in [-0.3, -0.25) is 14.9 Å². The molecule has 1 aromatic rings. The first kappa shape index (κ1) is 15.5. The molecule has 1 amide bonds. The molecule has 0 radical (unpaired) electrons. The van der Waals surface area contributed by atoms with Crippen molar-refractivity contribution in [3.8, 4) is 0 Å². The topological polar surface area (TPSA) is 92.5 Å². The molecule has 1 aromatic carbocycles. The summed E-state index contributed by atoms with van der Waals surface area (Å²) in [6.45, 7) is 0. The Balaban J connectivity index is 2.17. The van der Waals surface area contributed by atoms with Gasteiger partial charge in [-0.15, -0.1) is 0 Å². The van der Waals surface area contributed by atoms with Crippen molar-refractivity contribution in [3.63, 3.8) is 0 Å². The van der Waals surface area contributed by atoms with Crippen molar-refractivity contribution in [2.24, 2.45) is 5.92 Å². The number of alkyl halides is 1. The number of halogens is 2. The Kier molecular flexibility index (Phi) is 4.32. The minimum absolute atomic E-state index is 0.376. The average Bonchev–Trinajstić information content (AvgIpc) is 2.37. The quantitative estimate of drug-likeness (QED) is 0.506. The lowest BCUT2D eigenvalue weighted by Crippen LogP contribution is -2.39. The summed E-state index contributed by atoms with van der Waals surface area (Å²) in [5, 5.41) is 21.5. The molecule has 2 unspecified atom stereocenters. The lowest BCUT2D eigenvalue weighted by atomic mass is 9.94. The van der Waals surface area contributed by atoms with Crippen LogP contribution >= 0.6 is 23.2 Å². The average molecular weight is 329 g/mol. The van der Waals surface area contributed by atoms with Gasteiger partial charge in [-0.2, -0.15) is 0 Å². The monoisotopic (exact) mass is 328 g/mol. The van der Waals surface area contributed by atoms with E-state index in [1.54, 1.807) is 18.2 Å². The van der Waals surface area contributed by atoms with E-state index in [1.807, 2.05) is 0 Å². The van der Waals surface area contributed by atoms with Crippen LogP contribution in [0.1, 0.15) is 0 Å². The Bertz CT molecular complexity index is 655. The van der Waals surface area contributed by atoms with Gasteiger partial charge in [0.15, 0.2) is 5.06 Å². The van der Waals surface area contributed by atoms with Gasteiger partial charge in [0.05, 0.1) is 4.92 Å². The number of nitro groups is 1. The fraction of sp³-hybridized carbons (Fsp3) is 0.154. The molecule has 1 aliphatic carbocycles. The molecule has 0 aliphatic heterocycles. The number of aliphatic hydroxyl groups is 1. The van der Waals surface area contributed by atoms with Gasteiger partial charge < -0.3 is 10.4 Å². The van der Waals surface area contributed by atoms with Crippen molar-refractivity contribution in [1.82, 2.24) is 0 Å². The lowest BCUT2D eigenvalue weighted by molar-refractivity contribution is -0.420. The molecule has 2 atom stereocenters. The molecular weight excluding hydrogens is 319 g/mol. The fourth-order valence-electron chi connectivity index (χ4n) is 1.85. The Morgan fingerprint density at radius 1 is 1.48 bits per heavy atom. The SMILES string of the molecule is O=C(Nc1cccc(Cl)c1)C1C=CC([N+](=O)[O-])=CC1(O)Cl. The highest BCUT2D eigenvalue weighted by molar-refractivity contribution is 6.31.